The molecule has 0 aliphatic rings. The van der Waals surface area contributed by atoms with E-state index in [1.807, 2.05) is 25.2 Å². The van der Waals surface area contributed by atoms with Gasteiger partial charge < -0.3 is 9.84 Å². The molecule has 0 saturated heterocycles. The van der Waals surface area contributed by atoms with Crippen LogP contribution in [0, 0.1) is 0 Å². The van der Waals surface area contributed by atoms with Gasteiger partial charge >= 0.3 is 0 Å². The van der Waals surface area contributed by atoms with Crippen LogP contribution in [-0.4, -0.2) is 42.9 Å². The van der Waals surface area contributed by atoms with Crippen LogP contribution in [0.5, 0.6) is 0 Å². The lowest BCUT2D eigenvalue weighted by atomic mass is 10.2. The van der Waals surface area contributed by atoms with Gasteiger partial charge in [0.05, 0.1) is 12.7 Å². The molecule has 0 aliphatic heterocycles. The fourth-order valence-corrected chi connectivity index (χ4v) is 1.84. The highest BCUT2D eigenvalue weighted by Crippen LogP contribution is 2.03. The standard InChI is InChI=1S/C15H25NO2/c1-3-4-10-18-13-15(17)12-16(2)11-14-8-6-5-7-9-14/h5-9,15,17H,3-4,10-13H2,1-2H3. The minimum atomic E-state index is -0.407. The predicted molar refractivity (Wildman–Crippen MR) is 74.5 cm³/mol. The Morgan fingerprint density at radius 2 is 2.00 bits per heavy atom. The molecule has 0 radical (unpaired) electrons. The van der Waals surface area contributed by atoms with Gasteiger partial charge in [-0.05, 0) is 19.0 Å². The first-order chi connectivity index (χ1) is 8.72. The van der Waals surface area contributed by atoms with E-state index in [4.69, 9.17) is 4.74 Å². The Bertz CT molecular complexity index is 303. The van der Waals surface area contributed by atoms with Crippen LogP contribution < -0.4 is 0 Å². The quantitative estimate of drug-likeness (QED) is 0.684. The summed E-state index contributed by atoms with van der Waals surface area (Å²) in [7, 11) is 2.02. The molecule has 0 spiro atoms. The molecular formula is C15H25NO2. The zero-order valence-electron chi connectivity index (χ0n) is 11.5. The highest BCUT2D eigenvalue weighted by atomic mass is 16.5. The smallest absolute Gasteiger partial charge is 0.0900 e. The molecule has 3 nitrogen and oxygen atoms in total. The Labute approximate surface area is 110 Å². The summed E-state index contributed by atoms with van der Waals surface area (Å²) in [5.41, 5.74) is 1.26. The molecule has 0 amide bonds. The lowest BCUT2D eigenvalue weighted by Gasteiger charge is -2.20. The number of hydrogen-bond donors (Lipinski definition) is 1. The van der Waals surface area contributed by atoms with Gasteiger partial charge in [0.1, 0.15) is 0 Å². The molecule has 0 fully saturated rings. The van der Waals surface area contributed by atoms with E-state index in [0.29, 0.717) is 13.2 Å². The van der Waals surface area contributed by atoms with Crippen LogP contribution in [0.1, 0.15) is 25.3 Å². The van der Waals surface area contributed by atoms with E-state index in [2.05, 4.69) is 24.0 Å². The second-order valence-electron chi connectivity index (χ2n) is 4.76. The Morgan fingerprint density at radius 1 is 1.28 bits per heavy atom. The number of likely N-dealkylation sites (N-methyl/N-ethyl adjacent to an activating group) is 1. The molecule has 1 unspecified atom stereocenters. The van der Waals surface area contributed by atoms with Crippen LogP contribution in [0.3, 0.4) is 0 Å². The molecule has 1 aromatic carbocycles. The lowest BCUT2D eigenvalue weighted by Crippen LogP contribution is -2.32. The van der Waals surface area contributed by atoms with Gasteiger partial charge in [-0.25, -0.2) is 0 Å². The monoisotopic (exact) mass is 251 g/mol. The molecule has 1 rings (SSSR count). The molecule has 0 saturated carbocycles. The first kappa shape index (κ1) is 15.2. The molecule has 1 atom stereocenters. The van der Waals surface area contributed by atoms with Crippen molar-refractivity contribution in [2.24, 2.45) is 0 Å². The highest BCUT2D eigenvalue weighted by molar-refractivity contribution is 5.14. The van der Waals surface area contributed by atoms with Crippen LogP contribution in [0.15, 0.2) is 30.3 Å². The maximum Gasteiger partial charge on any atom is 0.0900 e. The van der Waals surface area contributed by atoms with E-state index < -0.39 is 6.10 Å². The number of rotatable bonds is 9. The fourth-order valence-electron chi connectivity index (χ4n) is 1.84. The Balaban J connectivity index is 2.17. The highest BCUT2D eigenvalue weighted by Gasteiger charge is 2.08. The van der Waals surface area contributed by atoms with Gasteiger partial charge in [-0.15, -0.1) is 0 Å². The Morgan fingerprint density at radius 3 is 2.67 bits per heavy atom. The van der Waals surface area contributed by atoms with Crippen LogP contribution >= 0.6 is 0 Å². The molecule has 0 heterocycles. The minimum absolute atomic E-state index is 0.407. The lowest BCUT2D eigenvalue weighted by molar-refractivity contribution is 0.0188. The van der Waals surface area contributed by atoms with Gasteiger partial charge in [0.15, 0.2) is 0 Å². The summed E-state index contributed by atoms with van der Waals surface area (Å²) in [6.45, 7) is 4.80. The summed E-state index contributed by atoms with van der Waals surface area (Å²) in [6.07, 6.45) is 1.78. The molecule has 18 heavy (non-hydrogen) atoms. The van der Waals surface area contributed by atoms with Gasteiger partial charge in [-0.3, -0.25) is 4.90 Å². The van der Waals surface area contributed by atoms with Gasteiger partial charge in [0, 0.05) is 19.7 Å². The summed E-state index contributed by atoms with van der Waals surface area (Å²) in [6, 6.07) is 10.3. The fraction of sp³-hybridized carbons (Fsp3) is 0.600. The summed E-state index contributed by atoms with van der Waals surface area (Å²) >= 11 is 0. The average Bonchev–Trinajstić information content (AvgIpc) is 2.35. The van der Waals surface area contributed by atoms with Crippen LogP contribution in [0.25, 0.3) is 0 Å². The van der Waals surface area contributed by atoms with E-state index in [1.54, 1.807) is 0 Å². The van der Waals surface area contributed by atoms with Gasteiger partial charge in [-0.2, -0.15) is 0 Å². The SMILES string of the molecule is CCCCOCC(O)CN(C)Cc1ccccc1. The number of nitrogens with zero attached hydrogens (tertiary/aromatic N) is 1. The molecule has 102 valence electrons. The van der Waals surface area contributed by atoms with E-state index in [0.717, 1.165) is 26.0 Å². The summed E-state index contributed by atoms with van der Waals surface area (Å²) in [5.74, 6) is 0. The third kappa shape index (κ3) is 6.74. The molecular weight excluding hydrogens is 226 g/mol. The summed E-state index contributed by atoms with van der Waals surface area (Å²) in [4.78, 5) is 2.11. The van der Waals surface area contributed by atoms with Crippen molar-refractivity contribution in [3.05, 3.63) is 35.9 Å². The third-order valence-corrected chi connectivity index (χ3v) is 2.77. The van der Waals surface area contributed by atoms with Crippen molar-refractivity contribution in [1.29, 1.82) is 0 Å². The van der Waals surface area contributed by atoms with Crippen molar-refractivity contribution in [3.8, 4) is 0 Å². The third-order valence-electron chi connectivity index (χ3n) is 2.77. The average molecular weight is 251 g/mol. The first-order valence-corrected chi connectivity index (χ1v) is 6.70. The van der Waals surface area contributed by atoms with Crippen molar-refractivity contribution >= 4 is 0 Å². The Kier molecular flexibility index (Phi) is 7.65. The Hall–Kier alpha value is -0.900. The van der Waals surface area contributed by atoms with Crippen molar-refractivity contribution in [2.45, 2.75) is 32.4 Å². The van der Waals surface area contributed by atoms with E-state index in [-0.39, 0.29) is 0 Å². The van der Waals surface area contributed by atoms with Gasteiger partial charge in [0.25, 0.3) is 0 Å². The number of unbranched alkanes of at least 4 members (excludes halogenated alkanes) is 1. The maximum atomic E-state index is 9.83. The van der Waals surface area contributed by atoms with E-state index >= 15 is 0 Å². The second-order valence-corrected chi connectivity index (χ2v) is 4.76. The van der Waals surface area contributed by atoms with Crippen molar-refractivity contribution in [2.75, 3.05) is 26.8 Å². The largest absolute Gasteiger partial charge is 0.389 e. The van der Waals surface area contributed by atoms with Crippen LogP contribution in [0.4, 0.5) is 0 Å². The van der Waals surface area contributed by atoms with Crippen LogP contribution in [-0.2, 0) is 11.3 Å². The van der Waals surface area contributed by atoms with E-state index in [9.17, 15) is 5.11 Å². The van der Waals surface area contributed by atoms with E-state index in [1.165, 1.54) is 5.56 Å². The van der Waals surface area contributed by atoms with Gasteiger partial charge in [0.2, 0.25) is 0 Å². The van der Waals surface area contributed by atoms with Crippen molar-refractivity contribution < 1.29 is 9.84 Å². The molecule has 0 aromatic heterocycles. The minimum Gasteiger partial charge on any atom is -0.389 e. The van der Waals surface area contributed by atoms with Gasteiger partial charge in [-0.1, -0.05) is 43.7 Å². The maximum absolute atomic E-state index is 9.83. The zero-order chi connectivity index (χ0) is 13.2. The second kappa shape index (κ2) is 9.09. The molecule has 0 bridgehead atoms. The van der Waals surface area contributed by atoms with Crippen molar-refractivity contribution in [1.82, 2.24) is 4.90 Å². The summed E-state index contributed by atoms with van der Waals surface area (Å²) < 4.78 is 5.41. The topological polar surface area (TPSA) is 32.7 Å². The molecule has 0 aliphatic carbocycles. The number of ether oxygens (including phenoxy) is 1. The number of aliphatic hydroxyl groups excluding tert-OH is 1. The number of benzene rings is 1. The zero-order valence-corrected chi connectivity index (χ0v) is 11.5. The van der Waals surface area contributed by atoms with Crippen LogP contribution in [0.2, 0.25) is 0 Å². The summed E-state index contributed by atoms with van der Waals surface area (Å²) in [5, 5.41) is 9.83. The molecule has 3 heteroatoms. The van der Waals surface area contributed by atoms with Crippen molar-refractivity contribution in [3.63, 3.8) is 0 Å². The molecule has 1 aromatic rings. The normalized spacial score (nSPS) is 12.9. The number of hydrogen-bond acceptors (Lipinski definition) is 3. The predicted octanol–water partition coefficient (Wildman–Crippen LogP) is 2.30. The number of aliphatic hydroxyl groups is 1. The first-order valence-electron chi connectivity index (χ1n) is 6.70. The molecule has 1 N–H and O–H groups in total.